The largest absolute Gasteiger partial charge is 0.465 e. The fraction of sp³-hybridized carbons (Fsp3) is 0.0435. The Bertz CT molecular complexity index is 1220. The average molecular weight is 400 g/mol. The highest BCUT2D eigenvalue weighted by molar-refractivity contribution is 6.13. The van der Waals surface area contributed by atoms with Gasteiger partial charge in [0.25, 0.3) is 0 Å². The highest BCUT2D eigenvalue weighted by Gasteiger charge is 2.32. The normalized spacial score (nSPS) is 11.1. The molecule has 0 radical (unpaired) electrons. The van der Waals surface area contributed by atoms with Crippen LogP contribution in [-0.2, 0) is 0 Å². The summed E-state index contributed by atoms with van der Waals surface area (Å²) in [7, 11) is 0. The summed E-state index contributed by atoms with van der Waals surface area (Å²) in [5.74, 6) is 0.272. The van der Waals surface area contributed by atoms with E-state index in [9.17, 15) is 14.9 Å². The zero-order chi connectivity index (χ0) is 21.1. The van der Waals surface area contributed by atoms with Gasteiger partial charge in [0.2, 0.25) is 0 Å². The Labute approximate surface area is 171 Å². The summed E-state index contributed by atoms with van der Waals surface area (Å²) in [6, 6.07) is 15.4. The number of furan rings is 2. The van der Waals surface area contributed by atoms with Gasteiger partial charge in [-0.2, -0.15) is 0 Å². The lowest BCUT2D eigenvalue weighted by Gasteiger charge is -2.13. The Morgan fingerprint density at radius 2 is 1.77 bits per heavy atom. The van der Waals surface area contributed by atoms with Gasteiger partial charge >= 0.3 is 5.69 Å². The van der Waals surface area contributed by atoms with Crippen molar-refractivity contribution in [3.63, 3.8) is 0 Å². The molecule has 0 bridgehead atoms. The van der Waals surface area contributed by atoms with E-state index in [2.05, 4.69) is 4.98 Å². The summed E-state index contributed by atoms with van der Waals surface area (Å²) in [5, 5.41) is 12.1. The van der Waals surface area contributed by atoms with Gasteiger partial charge in [0, 0.05) is 5.56 Å². The quantitative estimate of drug-likeness (QED) is 0.178. The molecular weight excluding hydrogens is 384 g/mol. The average Bonchev–Trinajstić information content (AvgIpc) is 3.45. The first-order valence-electron chi connectivity index (χ1n) is 9.10. The zero-order valence-corrected chi connectivity index (χ0v) is 15.9. The third-order valence-electron chi connectivity index (χ3n) is 4.54. The number of benzene rings is 1. The van der Waals surface area contributed by atoms with Crippen molar-refractivity contribution in [1.29, 1.82) is 0 Å². The molecule has 0 aliphatic carbocycles. The van der Waals surface area contributed by atoms with Crippen molar-refractivity contribution in [2.75, 3.05) is 0 Å². The van der Waals surface area contributed by atoms with E-state index in [4.69, 9.17) is 8.83 Å². The van der Waals surface area contributed by atoms with Crippen molar-refractivity contribution in [3.8, 4) is 22.6 Å². The number of hydrogen-bond acceptors (Lipinski definition) is 6. The first kappa shape index (κ1) is 19.1. The molecule has 0 saturated carbocycles. The van der Waals surface area contributed by atoms with Gasteiger partial charge in [-0.3, -0.25) is 14.9 Å². The van der Waals surface area contributed by atoms with Gasteiger partial charge in [-0.15, -0.1) is 0 Å². The van der Waals surface area contributed by atoms with Gasteiger partial charge in [0.15, 0.2) is 5.78 Å². The van der Waals surface area contributed by atoms with Gasteiger partial charge < -0.3 is 8.83 Å². The van der Waals surface area contributed by atoms with Crippen LogP contribution in [0.5, 0.6) is 0 Å². The topological polar surface area (TPSA) is 99.4 Å². The van der Waals surface area contributed by atoms with Crippen molar-refractivity contribution in [3.05, 3.63) is 100 Å². The monoisotopic (exact) mass is 400 g/mol. The van der Waals surface area contributed by atoms with Gasteiger partial charge in [-0.25, -0.2) is 4.98 Å². The van der Waals surface area contributed by atoms with Crippen LogP contribution in [0.2, 0.25) is 0 Å². The molecule has 148 valence electrons. The first-order valence-corrected chi connectivity index (χ1v) is 9.10. The minimum Gasteiger partial charge on any atom is -0.465 e. The van der Waals surface area contributed by atoms with Crippen LogP contribution in [0.4, 0.5) is 5.69 Å². The number of carbonyl (C=O) groups is 1. The minimum absolute atomic E-state index is 0.102. The Balaban J connectivity index is 1.97. The summed E-state index contributed by atoms with van der Waals surface area (Å²) in [4.78, 5) is 29.1. The van der Waals surface area contributed by atoms with E-state index in [1.165, 1.54) is 24.7 Å². The number of nitrogens with zero attached hydrogens (tertiary/aromatic N) is 2. The summed E-state index contributed by atoms with van der Waals surface area (Å²) in [6.07, 6.45) is 5.71. The Morgan fingerprint density at radius 1 is 1.03 bits per heavy atom. The molecular formula is C23H16N2O5. The molecule has 7 nitrogen and oxygen atoms in total. The number of nitro groups is 1. The number of aryl methyl sites for hydroxylation is 1. The molecule has 0 fully saturated rings. The van der Waals surface area contributed by atoms with E-state index in [1.54, 1.807) is 55.5 Å². The summed E-state index contributed by atoms with van der Waals surface area (Å²) < 4.78 is 10.7. The minimum atomic E-state index is -0.528. The van der Waals surface area contributed by atoms with Gasteiger partial charge in [-0.1, -0.05) is 30.3 Å². The second kappa shape index (κ2) is 8.00. The standard InChI is InChI=1S/C23H16N2O5/c1-15-20(18(26)12-11-17-9-5-13-29-17)21(19-10-6-14-30-19)23(25(27)28)22(24-15)16-7-3-2-4-8-16/h2-14H,1H3. The van der Waals surface area contributed by atoms with Crippen LogP contribution in [0.25, 0.3) is 28.7 Å². The Hall–Kier alpha value is -4.26. The number of aromatic nitrogens is 1. The third-order valence-corrected chi connectivity index (χ3v) is 4.54. The van der Waals surface area contributed by atoms with Crippen molar-refractivity contribution in [1.82, 2.24) is 4.98 Å². The molecule has 7 heteroatoms. The molecule has 30 heavy (non-hydrogen) atoms. The molecule has 0 aliphatic heterocycles. The number of hydrogen-bond donors (Lipinski definition) is 0. The highest BCUT2D eigenvalue weighted by Crippen LogP contribution is 2.41. The van der Waals surface area contributed by atoms with Crippen LogP contribution in [0.1, 0.15) is 21.8 Å². The van der Waals surface area contributed by atoms with E-state index in [-0.39, 0.29) is 28.3 Å². The van der Waals surface area contributed by atoms with Gasteiger partial charge in [0.1, 0.15) is 22.8 Å². The smallest absolute Gasteiger partial charge is 0.307 e. The molecule has 0 atom stereocenters. The van der Waals surface area contributed by atoms with Crippen molar-refractivity contribution < 1.29 is 18.6 Å². The number of allylic oxidation sites excluding steroid dienone is 1. The van der Waals surface area contributed by atoms with Crippen LogP contribution in [-0.4, -0.2) is 15.7 Å². The zero-order valence-electron chi connectivity index (χ0n) is 15.9. The van der Waals surface area contributed by atoms with Crippen LogP contribution < -0.4 is 0 Å². The first-order chi connectivity index (χ1) is 14.6. The second-order valence-electron chi connectivity index (χ2n) is 6.46. The lowest BCUT2D eigenvalue weighted by Crippen LogP contribution is -2.09. The fourth-order valence-electron chi connectivity index (χ4n) is 3.26. The van der Waals surface area contributed by atoms with E-state index in [0.29, 0.717) is 17.0 Å². The molecule has 0 N–H and O–H groups in total. The van der Waals surface area contributed by atoms with Crippen molar-refractivity contribution >= 4 is 17.5 Å². The maximum absolute atomic E-state index is 13.1. The molecule has 4 rings (SSSR count). The van der Waals surface area contributed by atoms with E-state index in [1.807, 2.05) is 6.07 Å². The third kappa shape index (κ3) is 3.56. The van der Waals surface area contributed by atoms with E-state index < -0.39 is 10.7 Å². The molecule has 4 aromatic rings. The number of pyridine rings is 1. The predicted molar refractivity (Wildman–Crippen MR) is 111 cm³/mol. The molecule has 0 amide bonds. The van der Waals surface area contributed by atoms with Crippen molar-refractivity contribution in [2.24, 2.45) is 0 Å². The van der Waals surface area contributed by atoms with Gasteiger partial charge in [-0.05, 0) is 43.3 Å². The molecule has 0 saturated heterocycles. The highest BCUT2D eigenvalue weighted by atomic mass is 16.6. The van der Waals surface area contributed by atoms with Crippen LogP contribution >= 0.6 is 0 Å². The molecule has 1 aromatic carbocycles. The van der Waals surface area contributed by atoms with Crippen molar-refractivity contribution in [2.45, 2.75) is 6.92 Å². The summed E-state index contributed by atoms with van der Waals surface area (Å²) >= 11 is 0. The Morgan fingerprint density at radius 3 is 2.40 bits per heavy atom. The molecule has 0 aliphatic rings. The molecule has 3 aromatic heterocycles. The second-order valence-corrected chi connectivity index (χ2v) is 6.46. The van der Waals surface area contributed by atoms with Crippen LogP contribution in [0.3, 0.4) is 0 Å². The predicted octanol–water partition coefficient (Wildman–Crippen LogP) is 5.71. The molecule has 0 unspecified atom stereocenters. The fourth-order valence-corrected chi connectivity index (χ4v) is 3.26. The van der Waals surface area contributed by atoms with E-state index in [0.717, 1.165) is 0 Å². The van der Waals surface area contributed by atoms with Crippen LogP contribution in [0, 0.1) is 17.0 Å². The summed E-state index contributed by atoms with van der Waals surface area (Å²) in [5.41, 5.74) is 1.04. The molecule has 3 heterocycles. The molecule has 0 spiro atoms. The van der Waals surface area contributed by atoms with Crippen LogP contribution in [0.15, 0.2) is 82.0 Å². The number of carbonyl (C=O) groups excluding carboxylic acids is 1. The maximum atomic E-state index is 13.1. The maximum Gasteiger partial charge on any atom is 0.307 e. The SMILES string of the molecule is Cc1nc(-c2ccccc2)c([N+](=O)[O-])c(-c2ccco2)c1C(=O)C=Cc1ccco1. The summed E-state index contributed by atoms with van der Waals surface area (Å²) in [6.45, 7) is 1.65. The number of ketones is 1. The lowest BCUT2D eigenvalue weighted by atomic mass is 9.95. The van der Waals surface area contributed by atoms with Gasteiger partial charge in [0.05, 0.1) is 28.7 Å². The lowest BCUT2D eigenvalue weighted by molar-refractivity contribution is -0.383. The number of rotatable bonds is 6. The van der Waals surface area contributed by atoms with E-state index >= 15 is 0 Å². The Kier molecular flexibility index (Phi) is 5.09.